The van der Waals surface area contributed by atoms with Crippen LogP contribution in [-0.4, -0.2) is 20.7 Å². The molecule has 2 aliphatic rings. The number of nitrogens with zero attached hydrogens (tertiary/aromatic N) is 3. The molecule has 2 fully saturated rings. The number of carbonyl (C=O) groups is 1. The van der Waals surface area contributed by atoms with Crippen molar-refractivity contribution in [3.63, 3.8) is 0 Å². The molecule has 4 rings (SSSR count). The van der Waals surface area contributed by atoms with Crippen LogP contribution in [0.15, 0.2) is 18.2 Å². The Morgan fingerprint density at radius 2 is 1.80 bits per heavy atom. The molecule has 0 aliphatic heterocycles. The average molecular weight is 409 g/mol. The van der Waals surface area contributed by atoms with E-state index >= 15 is 0 Å². The van der Waals surface area contributed by atoms with Gasteiger partial charge in [-0.15, -0.1) is 10.2 Å². The van der Waals surface area contributed by atoms with Crippen molar-refractivity contribution in [2.45, 2.75) is 91.0 Å². The number of carbonyl (C=O) groups excluding carboxylic acids is 1. The first-order valence-electron chi connectivity index (χ1n) is 11.8. The van der Waals surface area contributed by atoms with Crippen LogP contribution >= 0.6 is 0 Å². The zero-order valence-electron chi connectivity index (χ0n) is 18.8. The molecule has 1 heterocycles. The van der Waals surface area contributed by atoms with Crippen LogP contribution in [0.3, 0.4) is 0 Å². The number of nitrogens with one attached hydrogen (secondary N) is 1. The highest BCUT2D eigenvalue weighted by Gasteiger charge is 2.37. The van der Waals surface area contributed by atoms with Crippen molar-refractivity contribution in [1.82, 2.24) is 14.8 Å². The van der Waals surface area contributed by atoms with Gasteiger partial charge in [-0.25, -0.2) is 0 Å². The van der Waals surface area contributed by atoms with Crippen LogP contribution in [0, 0.1) is 25.7 Å². The Morgan fingerprint density at radius 3 is 2.47 bits per heavy atom. The molecule has 2 aromatic rings. The number of hydrogen-bond acceptors (Lipinski definition) is 3. The van der Waals surface area contributed by atoms with Gasteiger partial charge in [0.25, 0.3) is 0 Å². The van der Waals surface area contributed by atoms with E-state index in [9.17, 15) is 4.79 Å². The van der Waals surface area contributed by atoms with Crippen LogP contribution in [0.1, 0.15) is 87.1 Å². The average Bonchev–Trinajstić information content (AvgIpc) is 3.31. The molecule has 1 amide bonds. The summed E-state index contributed by atoms with van der Waals surface area (Å²) >= 11 is 0. The molecule has 30 heavy (non-hydrogen) atoms. The lowest BCUT2D eigenvalue weighted by molar-refractivity contribution is -0.116. The van der Waals surface area contributed by atoms with Gasteiger partial charge in [0.1, 0.15) is 11.6 Å². The zero-order valence-corrected chi connectivity index (χ0v) is 18.8. The van der Waals surface area contributed by atoms with Crippen molar-refractivity contribution >= 4 is 11.6 Å². The molecule has 2 atom stereocenters. The van der Waals surface area contributed by atoms with Crippen molar-refractivity contribution in [3.8, 4) is 0 Å². The first-order chi connectivity index (χ1) is 14.5. The maximum Gasteiger partial charge on any atom is 0.224 e. The lowest BCUT2D eigenvalue weighted by Gasteiger charge is -2.21. The van der Waals surface area contributed by atoms with E-state index in [1.54, 1.807) is 0 Å². The minimum Gasteiger partial charge on any atom is -0.326 e. The maximum atomic E-state index is 12.6. The van der Waals surface area contributed by atoms with Gasteiger partial charge in [-0.3, -0.25) is 4.79 Å². The first-order valence-corrected chi connectivity index (χ1v) is 11.8. The van der Waals surface area contributed by atoms with Gasteiger partial charge in [0.15, 0.2) is 0 Å². The molecule has 2 saturated carbocycles. The van der Waals surface area contributed by atoms with E-state index < -0.39 is 0 Å². The minimum absolute atomic E-state index is 0.0455. The van der Waals surface area contributed by atoms with Gasteiger partial charge in [0.2, 0.25) is 5.91 Å². The molecular formula is C25H36N4O. The minimum atomic E-state index is 0.0455. The lowest BCUT2D eigenvalue weighted by atomic mass is 9.86. The van der Waals surface area contributed by atoms with Crippen molar-refractivity contribution in [2.24, 2.45) is 11.8 Å². The molecule has 5 heteroatoms. The summed E-state index contributed by atoms with van der Waals surface area (Å²) in [5.74, 6) is 3.72. The van der Waals surface area contributed by atoms with Crippen LogP contribution in [-0.2, 0) is 17.6 Å². The highest BCUT2D eigenvalue weighted by Crippen LogP contribution is 2.44. The SMILES string of the molecule is Cc1ccc(NC(=O)CCc2nnc(CCC3CCCCC3)n2[C@@H]2C[C@H]2C)c(C)c1. The van der Waals surface area contributed by atoms with E-state index in [0.717, 1.165) is 35.2 Å². The Bertz CT molecular complexity index is 881. The number of aryl methyl sites for hydroxylation is 4. The fraction of sp³-hybridized carbons (Fsp3) is 0.640. The molecule has 0 radical (unpaired) electrons. The third kappa shape index (κ3) is 5.11. The predicted octanol–water partition coefficient (Wildman–Crippen LogP) is 5.56. The molecule has 0 spiro atoms. The van der Waals surface area contributed by atoms with Crippen molar-refractivity contribution in [1.29, 1.82) is 0 Å². The van der Waals surface area contributed by atoms with Crippen LogP contribution < -0.4 is 5.32 Å². The van der Waals surface area contributed by atoms with Gasteiger partial charge < -0.3 is 9.88 Å². The summed E-state index contributed by atoms with van der Waals surface area (Å²) in [6.07, 6.45) is 11.5. The molecule has 1 aromatic heterocycles. The van der Waals surface area contributed by atoms with Gasteiger partial charge in [0, 0.05) is 31.0 Å². The van der Waals surface area contributed by atoms with Crippen LogP contribution in [0.4, 0.5) is 5.69 Å². The number of rotatable bonds is 8. The smallest absolute Gasteiger partial charge is 0.224 e. The van der Waals surface area contributed by atoms with Gasteiger partial charge in [-0.1, -0.05) is 56.7 Å². The largest absolute Gasteiger partial charge is 0.326 e. The van der Waals surface area contributed by atoms with Crippen LogP contribution in [0.2, 0.25) is 0 Å². The van der Waals surface area contributed by atoms with Gasteiger partial charge in [-0.05, 0) is 50.2 Å². The van der Waals surface area contributed by atoms with Crippen LogP contribution in [0.5, 0.6) is 0 Å². The summed E-state index contributed by atoms with van der Waals surface area (Å²) in [6, 6.07) is 6.64. The number of anilines is 1. The first kappa shape index (κ1) is 21.1. The summed E-state index contributed by atoms with van der Waals surface area (Å²) in [5.41, 5.74) is 3.21. The van der Waals surface area contributed by atoms with Gasteiger partial charge in [-0.2, -0.15) is 0 Å². The predicted molar refractivity (Wildman–Crippen MR) is 121 cm³/mol. The Labute approximate surface area is 180 Å². The summed E-state index contributed by atoms with van der Waals surface area (Å²) in [7, 11) is 0. The maximum absolute atomic E-state index is 12.6. The molecule has 5 nitrogen and oxygen atoms in total. The van der Waals surface area contributed by atoms with Crippen molar-refractivity contribution in [2.75, 3.05) is 5.32 Å². The molecule has 0 unspecified atom stereocenters. The molecule has 1 N–H and O–H groups in total. The number of amides is 1. The highest BCUT2D eigenvalue weighted by atomic mass is 16.1. The topological polar surface area (TPSA) is 59.8 Å². The molecule has 2 aliphatic carbocycles. The molecule has 0 saturated heterocycles. The van der Waals surface area contributed by atoms with E-state index in [0.29, 0.717) is 24.8 Å². The van der Waals surface area contributed by atoms with Gasteiger partial charge >= 0.3 is 0 Å². The van der Waals surface area contributed by atoms with E-state index in [1.165, 1.54) is 50.5 Å². The van der Waals surface area contributed by atoms with E-state index in [4.69, 9.17) is 0 Å². The van der Waals surface area contributed by atoms with E-state index in [2.05, 4.69) is 40.0 Å². The van der Waals surface area contributed by atoms with E-state index in [-0.39, 0.29) is 5.91 Å². The number of aromatic nitrogens is 3. The standard InChI is InChI=1S/C25H36N4O/c1-17-9-11-21(18(2)15-17)26-25(30)14-13-24-28-27-23(29(24)22-16-19(22)3)12-10-20-7-5-4-6-8-20/h9,11,15,19-20,22H,4-8,10,12-14,16H2,1-3H3,(H,26,30)/t19-,22-/m1/s1. The Hall–Kier alpha value is -2.17. The highest BCUT2D eigenvalue weighted by molar-refractivity contribution is 5.91. The van der Waals surface area contributed by atoms with E-state index in [1.807, 2.05) is 19.1 Å². The monoisotopic (exact) mass is 408 g/mol. The molecule has 1 aromatic carbocycles. The molecule has 162 valence electrons. The summed E-state index contributed by atoms with van der Waals surface area (Å²) in [6.45, 7) is 6.40. The second kappa shape index (κ2) is 9.32. The number of hydrogen-bond donors (Lipinski definition) is 1. The third-order valence-electron chi connectivity index (χ3n) is 6.97. The lowest BCUT2D eigenvalue weighted by Crippen LogP contribution is -2.15. The molecule has 0 bridgehead atoms. The Balaban J connectivity index is 1.37. The quantitative estimate of drug-likeness (QED) is 0.622. The summed E-state index contributed by atoms with van der Waals surface area (Å²) in [5, 5.41) is 12.1. The fourth-order valence-corrected chi connectivity index (χ4v) is 4.95. The zero-order chi connectivity index (χ0) is 21.1. The Kier molecular flexibility index (Phi) is 6.55. The van der Waals surface area contributed by atoms with Crippen molar-refractivity contribution < 1.29 is 4.79 Å². The summed E-state index contributed by atoms with van der Waals surface area (Å²) < 4.78 is 2.37. The fourth-order valence-electron chi connectivity index (χ4n) is 4.95. The second-order valence-corrected chi connectivity index (χ2v) is 9.59. The summed E-state index contributed by atoms with van der Waals surface area (Å²) in [4.78, 5) is 12.6. The number of benzene rings is 1. The molecular weight excluding hydrogens is 372 g/mol. The van der Waals surface area contributed by atoms with Crippen molar-refractivity contribution in [3.05, 3.63) is 41.0 Å². The second-order valence-electron chi connectivity index (χ2n) is 9.59. The normalized spacial score (nSPS) is 21.6. The third-order valence-corrected chi connectivity index (χ3v) is 6.97. The van der Waals surface area contributed by atoms with Crippen LogP contribution in [0.25, 0.3) is 0 Å². The van der Waals surface area contributed by atoms with Gasteiger partial charge in [0.05, 0.1) is 0 Å². The Morgan fingerprint density at radius 1 is 1.10 bits per heavy atom.